The van der Waals surface area contributed by atoms with Crippen LogP contribution in [-0.2, 0) is 25.7 Å². The minimum atomic E-state index is -0.951. The first-order chi connectivity index (χ1) is 11.5. The highest BCUT2D eigenvalue weighted by Crippen LogP contribution is 2.28. The zero-order valence-electron chi connectivity index (χ0n) is 14.2. The van der Waals surface area contributed by atoms with E-state index in [2.05, 4.69) is 0 Å². The molecule has 130 valence electrons. The highest BCUT2D eigenvalue weighted by Gasteiger charge is 2.46. The molecule has 0 bridgehead atoms. The fourth-order valence-electron chi connectivity index (χ4n) is 2.89. The van der Waals surface area contributed by atoms with Gasteiger partial charge in [0.15, 0.2) is 6.73 Å². The molecule has 0 aliphatic carbocycles. The first kappa shape index (κ1) is 18.0. The minimum absolute atomic E-state index is 0.0809. The number of esters is 1. The smallest absolute Gasteiger partial charge is 0.413 e. The number of Topliss-reactive ketones (excluding diaryl/α,β-unsaturated/α-hetero) is 1. The number of amides is 1. The van der Waals surface area contributed by atoms with Crippen molar-refractivity contribution >= 4 is 17.8 Å². The van der Waals surface area contributed by atoms with Crippen molar-refractivity contribution in [2.24, 2.45) is 11.8 Å². The third kappa shape index (κ3) is 3.93. The van der Waals surface area contributed by atoms with Crippen molar-refractivity contribution in [3.05, 3.63) is 35.9 Å². The van der Waals surface area contributed by atoms with Crippen molar-refractivity contribution in [2.45, 2.75) is 39.8 Å². The summed E-state index contributed by atoms with van der Waals surface area (Å²) in [7, 11) is 0. The van der Waals surface area contributed by atoms with Crippen LogP contribution >= 0.6 is 0 Å². The van der Waals surface area contributed by atoms with Crippen LogP contribution in [0.3, 0.4) is 0 Å². The molecule has 2 atom stereocenters. The zero-order valence-corrected chi connectivity index (χ0v) is 14.2. The number of ether oxygens (including phenoxy) is 2. The Labute approximate surface area is 141 Å². The van der Waals surface area contributed by atoms with Gasteiger partial charge in [-0.1, -0.05) is 51.1 Å². The largest absolute Gasteiger partial charge is 0.444 e. The molecule has 2 rings (SSSR count). The van der Waals surface area contributed by atoms with E-state index in [9.17, 15) is 14.4 Å². The fourth-order valence-corrected chi connectivity index (χ4v) is 2.89. The van der Waals surface area contributed by atoms with Crippen LogP contribution in [0, 0.1) is 11.8 Å². The molecule has 0 radical (unpaired) electrons. The third-order valence-corrected chi connectivity index (χ3v) is 4.12. The maximum atomic E-state index is 12.5. The zero-order chi connectivity index (χ0) is 17.7. The van der Waals surface area contributed by atoms with Crippen molar-refractivity contribution in [3.8, 4) is 0 Å². The summed E-state index contributed by atoms with van der Waals surface area (Å²) in [6.07, 6.45) is -0.366. The molecule has 0 saturated carbocycles. The van der Waals surface area contributed by atoms with E-state index in [0.717, 1.165) is 5.56 Å². The minimum Gasteiger partial charge on any atom is -0.444 e. The summed E-state index contributed by atoms with van der Waals surface area (Å²) < 4.78 is 10.4. The maximum Gasteiger partial charge on any atom is 0.413 e. The average molecular weight is 333 g/mol. The molecule has 1 amide bonds. The normalized spacial score (nSPS) is 20.7. The summed E-state index contributed by atoms with van der Waals surface area (Å²) in [6.45, 7) is 5.37. The first-order valence-corrected chi connectivity index (χ1v) is 8.12. The van der Waals surface area contributed by atoms with E-state index in [-0.39, 0.29) is 31.5 Å². The number of hydrogen-bond donors (Lipinski definition) is 0. The number of rotatable bonds is 5. The lowest BCUT2D eigenvalue weighted by atomic mass is 9.84. The van der Waals surface area contributed by atoms with Gasteiger partial charge in [-0.3, -0.25) is 14.5 Å². The molecule has 0 aromatic heterocycles. The van der Waals surface area contributed by atoms with Crippen LogP contribution in [0.25, 0.3) is 0 Å². The second-order valence-electron chi connectivity index (χ2n) is 6.13. The van der Waals surface area contributed by atoms with E-state index in [1.165, 1.54) is 4.90 Å². The monoisotopic (exact) mass is 333 g/mol. The summed E-state index contributed by atoms with van der Waals surface area (Å²) in [5, 5.41) is 0. The predicted octanol–water partition coefficient (Wildman–Crippen LogP) is 2.76. The average Bonchev–Trinajstić information content (AvgIpc) is 2.59. The number of nitrogens with zero attached hydrogens (tertiary/aromatic N) is 1. The molecule has 1 aromatic carbocycles. The molecule has 0 N–H and O–H groups in total. The molecule has 1 unspecified atom stereocenters. The van der Waals surface area contributed by atoms with E-state index in [4.69, 9.17) is 9.47 Å². The molecular formula is C18H23NO5. The summed E-state index contributed by atoms with van der Waals surface area (Å²) in [4.78, 5) is 38.0. The molecular weight excluding hydrogens is 310 g/mol. The molecule has 24 heavy (non-hydrogen) atoms. The molecule has 1 aromatic rings. The van der Waals surface area contributed by atoms with Gasteiger partial charge in [0.05, 0.1) is 6.04 Å². The number of ketones is 1. The van der Waals surface area contributed by atoms with Crippen molar-refractivity contribution in [1.82, 2.24) is 4.90 Å². The van der Waals surface area contributed by atoms with Gasteiger partial charge in [0, 0.05) is 6.42 Å². The van der Waals surface area contributed by atoms with Crippen LogP contribution in [0.1, 0.15) is 32.8 Å². The highest BCUT2D eigenvalue weighted by molar-refractivity contribution is 6.00. The van der Waals surface area contributed by atoms with Crippen molar-refractivity contribution in [1.29, 1.82) is 0 Å². The summed E-state index contributed by atoms with van der Waals surface area (Å²) in [5.41, 5.74) is 0.863. The second kappa shape index (κ2) is 7.95. The standard InChI is InChI=1S/C18H23NO5/c1-4-14(20)15-16(12(2)3)19(11-24-17(15)21)18(22)23-10-13-8-6-5-7-9-13/h5-9,12,15-16H,4,10-11H2,1-3H3/t15?,16-/m0/s1. The van der Waals surface area contributed by atoms with Gasteiger partial charge in [-0.05, 0) is 11.5 Å². The summed E-state index contributed by atoms with van der Waals surface area (Å²) in [5.74, 6) is -1.82. The quantitative estimate of drug-likeness (QED) is 0.612. The Bertz CT molecular complexity index is 591. The highest BCUT2D eigenvalue weighted by atomic mass is 16.6. The lowest BCUT2D eigenvalue weighted by Crippen LogP contribution is -2.57. The van der Waals surface area contributed by atoms with Crippen LogP contribution < -0.4 is 0 Å². The summed E-state index contributed by atoms with van der Waals surface area (Å²) >= 11 is 0. The molecule has 1 aliphatic heterocycles. The lowest BCUT2D eigenvalue weighted by Gasteiger charge is -2.40. The number of carbonyl (C=O) groups excluding carboxylic acids is 3. The van der Waals surface area contributed by atoms with Crippen LogP contribution in [0.2, 0.25) is 0 Å². The van der Waals surface area contributed by atoms with Gasteiger partial charge in [0.2, 0.25) is 0 Å². The van der Waals surface area contributed by atoms with Gasteiger partial charge in [-0.15, -0.1) is 0 Å². The van der Waals surface area contributed by atoms with E-state index < -0.39 is 24.0 Å². The number of hydrogen-bond acceptors (Lipinski definition) is 5. The van der Waals surface area contributed by atoms with Crippen LogP contribution in [-0.4, -0.2) is 35.5 Å². The Hall–Kier alpha value is -2.37. The van der Waals surface area contributed by atoms with Crippen LogP contribution in [0.4, 0.5) is 4.79 Å². The predicted molar refractivity (Wildman–Crippen MR) is 86.8 cm³/mol. The molecule has 1 fully saturated rings. The van der Waals surface area contributed by atoms with Crippen LogP contribution in [0.5, 0.6) is 0 Å². The molecule has 1 saturated heterocycles. The van der Waals surface area contributed by atoms with Gasteiger partial charge in [-0.25, -0.2) is 4.79 Å². The SMILES string of the molecule is CCC(=O)C1C(=O)OCN(C(=O)OCc2ccccc2)[C@H]1C(C)C. The van der Waals surface area contributed by atoms with Gasteiger partial charge < -0.3 is 9.47 Å². The Morgan fingerprint density at radius 2 is 1.96 bits per heavy atom. The molecule has 0 spiro atoms. The van der Waals surface area contributed by atoms with Crippen molar-refractivity contribution in [2.75, 3.05) is 6.73 Å². The Kier molecular flexibility index (Phi) is 5.95. The third-order valence-electron chi connectivity index (χ3n) is 4.12. The Balaban J connectivity index is 2.12. The van der Waals surface area contributed by atoms with Crippen molar-refractivity contribution in [3.63, 3.8) is 0 Å². The van der Waals surface area contributed by atoms with Crippen LogP contribution in [0.15, 0.2) is 30.3 Å². The van der Waals surface area contributed by atoms with Crippen molar-refractivity contribution < 1.29 is 23.9 Å². The van der Waals surface area contributed by atoms with E-state index in [1.807, 2.05) is 44.2 Å². The number of carbonyl (C=O) groups is 3. The second-order valence-corrected chi connectivity index (χ2v) is 6.13. The maximum absolute atomic E-state index is 12.5. The van der Waals surface area contributed by atoms with Gasteiger partial charge in [0.1, 0.15) is 18.3 Å². The topological polar surface area (TPSA) is 72.9 Å². The summed E-state index contributed by atoms with van der Waals surface area (Å²) in [6, 6.07) is 8.75. The van der Waals surface area contributed by atoms with Gasteiger partial charge in [0.25, 0.3) is 0 Å². The molecule has 1 aliphatic rings. The Morgan fingerprint density at radius 3 is 2.54 bits per heavy atom. The van der Waals surface area contributed by atoms with Gasteiger partial charge in [-0.2, -0.15) is 0 Å². The first-order valence-electron chi connectivity index (χ1n) is 8.12. The number of benzene rings is 1. The van der Waals surface area contributed by atoms with E-state index >= 15 is 0 Å². The van der Waals surface area contributed by atoms with E-state index in [0.29, 0.717) is 0 Å². The molecule has 1 heterocycles. The molecule has 6 heteroatoms. The molecule has 6 nitrogen and oxygen atoms in total. The van der Waals surface area contributed by atoms with E-state index in [1.54, 1.807) is 6.92 Å². The van der Waals surface area contributed by atoms with Gasteiger partial charge >= 0.3 is 12.1 Å². The number of cyclic esters (lactones) is 1. The fraction of sp³-hybridized carbons (Fsp3) is 0.500. The Morgan fingerprint density at radius 1 is 1.29 bits per heavy atom. The lowest BCUT2D eigenvalue weighted by molar-refractivity contribution is -0.171.